The number of anilines is 1. The highest BCUT2D eigenvalue weighted by Gasteiger charge is 2.10. The summed E-state index contributed by atoms with van der Waals surface area (Å²) in [5.41, 5.74) is 3.02. The van der Waals surface area contributed by atoms with Crippen LogP contribution in [0, 0.1) is 12.7 Å². The van der Waals surface area contributed by atoms with Crippen LogP contribution in [0.5, 0.6) is 0 Å². The molecule has 0 radical (unpaired) electrons. The van der Waals surface area contributed by atoms with Crippen LogP contribution in [0.1, 0.15) is 55.7 Å². The SMILES string of the molecule is Cc1ccc(C(C)CCN(C)c2ccc(C(C)C)cn2)cc1F. The van der Waals surface area contributed by atoms with Crippen molar-refractivity contribution in [3.8, 4) is 0 Å². The molecule has 2 nitrogen and oxygen atoms in total. The average molecular weight is 314 g/mol. The number of benzene rings is 1. The predicted octanol–water partition coefficient (Wildman–Crippen LogP) is 5.28. The molecule has 1 aromatic heterocycles. The van der Waals surface area contributed by atoms with Gasteiger partial charge in [-0.2, -0.15) is 0 Å². The first kappa shape index (κ1) is 17.5. The quantitative estimate of drug-likeness (QED) is 0.721. The number of rotatable bonds is 6. The second-order valence-corrected chi connectivity index (χ2v) is 6.72. The molecule has 1 unspecified atom stereocenters. The summed E-state index contributed by atoms with van der Waals surface area (Å²) in [6, 6.07) is 9.76. The fraction of sp³-hybridized carbons (Fsp3) is 0.450. The molecule has 23 heavy (non-hydrogen) atoms. The van der Waals surface area contributed by atoms with Gasteiger partial charge in [0.05, 0.1) is 0 Å². The normalized spacial score (nSPS) is 12.5. The largest absolute Gasteiger partial charge is 0.360 e. The molecule has 0 N–H and O–H groups in total. The maximum absolute atomic E-state index is 13.7. The van der Waals surface area contributed by atoms with Crippen LogP contribution in [0.25, 0.3) is 0 Å². The lowest BCUT2D eigenvalue weighted by atomic mass is 9.96. The third kappa shape index (κ3) is 4.54. The van der Waals surface area contributed by atoms with Crippen molar-refractivity contribution in [3.63, 3.8) is 0 Å². The summed E-state index contributed by atoms with van der Waals surface area (Å²) in [5.74, 6) is 1.69. The molecular formula is C20H27FN2. The van der Waals surface area contributed by atoms with Crippen LogP contribution in [0.4, 0.5) is 10.2 Å². The van der Waals surface area contributed by atoms with Crippen LogP contribution in [0.3, 0.4) is 0 Å². The van der Waals surface area contributed by atoms with E-state index in [4.69, 9.17) is 0 Å². The summed E-state index contributed by atoms with van der Waals surface area (Å²) >= 11 is 0. The molecule has 124 valence electrons. The molecule has 0 spiro atoms. The molecule has 1 aromatic carbocycles. The Kier molecular flexibility index (Phi) is 5.75. The molecule has 2 aromatic rings. The molecule has 2 rings (SSSR count). The summed E-state index contributed by atoms with van der Waals surface area (Å²) < 4.78 is 13.7. The highest BCUT2D eigenvalue weighted by molar-refractivity contribution is 5.39. The Hall–Kier alpha value is -1.90. The molecule has 0 fully saturated rings. The number of hydrogen-bond donors (Lipinski definition) is 0. The predicted molar refractivity (Wildman–Crippen MR) is 95.8 cm³/mol. The highest BCUT2D eigenvalue weighted by Crippen LogP contribution is 2.23. The summed E-state index contributed by atoms with van der Waals surface area (Å²) in [5, 5.41) is 0. The first-order valence-corrected chi connectivity index (χ1v) is 8.31. The van der Waals surface area contributed by atoms with Crippen molar-refractivity contribution in [2.75, 3.05) is 18.5 Å². The van der Waals surface area contributed by atoms with E-state index in [1.54, 1.807) is 13.0 Å². The highest BCUT2D eigenvalue weighted by atomic mass is 19.1. The van der Waals surface area contributed by atoms with Crippen molar-refractivity contribution < 1.29 is 4.39 Å². The average Bonchev–Trinajstić information content (AvgIpc) is 2.54. The Bertz CT molecular complexity index is 635. The van der Waals surface area contributed by atoms with Gasteiger partial charge in [0.1, 0.15) is 11.6 Å². The van der Waals surface area contributed by atoms with E-state index in [2.05, 4.69) is 49.8 Å². The van der Waals surface area contributed by atoms with Crippen LogP contribution < -0.4 is 4.90 Å². The fourth-order valence-corrected chi connectivity index (χ4v) is 2.55. The number of hydrogen-bond acceptors (Lipinski definition) is 2. The molecule has 1 atom stereocenters. The molecule has 0 amide bonds. The monoisotopic (exact) mass is 314 g/mol. The van der Waals surface area contributed by atoms with E-state index in [9.17, 15) is 4.39 Å². The van der Waals surface area contributed by atoms with E-state index in [0.29, 0.717) is 17.4 Å². The van der Waals surface area contributed by atoms with Crippen LogP contribution in [0.15, 0.2) is 36.5 Å². The van der Waals surface area contributed by atoms with Crippen molar-refractivity contribution in [1.82, 2.24) is 4.98 Å². The molecule has 0 aliphatic heterocycles. The van der Waals surface area contributed by atoms with Gasteiger partial charge >= 0.3 is 0 Å². The van der Waals surface area contributed by atoms with Gasteiger partial charge in [0, 0.05) is 19.8 Å². The van der Waals surface area contributed by atoms with Crippen LogP contribution in [-0.2, 0) is 0 Å². The number of aromatic nitrogens is 1. The molecule has 0 aliphatic rings. The van der Waals surface area contributed by atoms with Crippen LogP contribution in [0.2, 0.25) is 0 Å². The minimum absolute atomic E-state index is 0.117. The molecule has 3 heteroatoms. The van der Waals surface area contributed by atoms with Crippen LogP contribution >= 0.6 is 0 Å². The van der Waals surface area contributed by atoms with Crippen molar-refractivity contribution >= 4 is 5.82 Å². The topological polar surface area (TPSA) is 16.1 Å². The third-order valence-electron chi connectivity index (χ3n) is 4.49. The van der Waals surface area contributed by atoms with Crippen molar-refractivity contribution in [1.29, 1.82) is 0 Å². The lowest BCUT2D eigenvalue weighted by molar-refractivity contribution is 0.606. The minimum Gasteiger partial charge on any atom is -0.360 e. The fourth-order valence-electron chi connectivity index (χ4n) is 2.55. The summed E-state index contributed by atoms with van der Waals surface area (Å²) in [7, 11) is 2.06. The zero-order chi connectivity index (χ0) is 17.0. The van der Waals surface area contributed by atoms with E-state index in [1.165, 1.54) is 5.56 Å². The van der Waals surface area contributed by atoms with Gasteiger partial charge in [-0.1, -0.05) is 39.0 Å². The van der Waals surface area contributed by atoms with Gasteiger partial charge in [-0.15, -0.1) is 0 Å². The molecule has 0 saturated carbocycles. The van der Waals surface area contributed by atoms with E-state index >= 15 is 0 Å². The summed E-state index contributed by atoms with van der Waals surface area (Å²) in [6.07, 6.45) is 2.92. The Morgan fingerprint density at radius 1 is 1.09 bits per heavy atom. The van der Waals surface area contributed by atoms with Gasteiger partial charge in [0.15, 0.2) is 0 Å². The Morgan fingerprint density at radius 3 is 2.35 bits per heavy atom. The van der Waals surface area contributed by atoms with Gasteiger partial charge in [-0.05, 0) is 54.0 Å². The van der Waals surface area contributed by atoms with Gasteiger partial charge in [0.25, 0.3) is 0 Å². The Balaban J connectivity index is 1.95. The first-order chi connectivity index (χ1) is 10.9. The van der Waals surface area contributed by atoms with E-state index in [0.717, 1.165) is 24.3 Å². The maximum atomic E-state index is 13.7. The van der Waals surface area contributed by atoms with E-state index in [1.807, 2.05) is 18.3 Å². The van der Waals surface area contributed by atoms with Crippen molar-refractivity contribution in [2.24, 2.45) is 0 Å². The van der Waals surface area contributed by atoms with Crippen molar-refractivity contribution in [2.45, 2.75) is 46.0 Å². The zero-order valence-electron chi connectivity index (χ0n) is 14.8. The van der Waals surface area contributed by atoms with E-state index in [-0.39, 0.29) is 5.82 Å². The Morgan fingerprint density at radius 2 is 1.78 bits per heavy atom. The molecular weight excluding hydrogens is 287 g/mol. The zero-order valence-corrected chi connectivity index (χ0v) is 14.8. The van der Waals surface area contributed by atoms with Gasteiger partial charge in [-0.25, -0.2) is 9.37 Å². The first-order valence-electron chi connectivity index (χ1n) is 8.31. The number of nitrogens with zero attached hydrogens (tertiary/aromatic N) is 2. The lowest BCUT2D eigenvalue weighted by Crippen LogP contribution is -2.21. The maximum Gasteiger partial charge on any atom is 0.128 e. The van der Waals surface area contributed by atoms with Crippen molar-refractivity contribution in [3.05, 3.63) is 59.0 Å². The summed E-state index contributed by atoms with van der Waals surface area (Å²) in [4.78, 5) is 6.70. The summed E-state index contributed by atoms with van der Waals surface area (Å²) in [6.45, 7) is 9.17. The van der Waals surface area contributed by atoms with Gasteiger partial charge < -0.3 is 4.90 Å². The van der Waals surface area contributed by atoms with Gasteiger partial charge in [-0.3, -0.25) is 0 Å². The molecule has 0 aliphatic carbocycles. The second-order valence-electron chi connectivity index (χ2n) is 6.72. The van der Waals surface area contributed by atoms with E-state index < -0.39 is 0 Å². The van der Waals surface area contributed by atoms with Crippen LogP contribution in [-0.4, -0.2) is 18.6 Å². The molecule has 0 bridgehead atoms. The minimum atomic E-state index is -0.117. The third-order valence-corrected chi connectivity index (χ3v) is 4.49. The molecule has 0 saturated heterocycles. The van der Waals surface area contributed by atoms with Gasteiger partial charge in [0.2, 0.25) is 0 Å². The number of halogens is 1. The Labute approximate surface area is 139 Å². The molecule has 1 heterocycles. The standard InChI is InChI=1S/C20H27FN2/c1-14(2)18-8-9-20(22-13-18)23(5)11-10-15(3)17-7-6-16(4)19(21)12-17/h6-9,12-15H,10-11H2,1-5H3. The number of aryl methyl sites for hydroxylation is 1. The second kappa shape index (κ2) is 7.58. The smallest absolute Gasteiger partial charge is 0.128 e. The lowest BCUT2D eigenvalue weighted by Gasteiger charge is -2.21. The number of pyridine rings is 1.